The predicted octanol–water partition coefficient (Wildman–Crippen LogP) is 6.08. The summed E-state index contributed by atoms with van der Waals surface area (Å²) < 4.78 is 6.16. The van der Waals surface area contributed by atoms with E-state index in [0.29, 0.717) is 5.92 Å². The second-order valence-electron chi connectivity index (χ2n) is 6.36. The molecule has 0 N–H and O–H groups in total. The highest BCUT2D eigenvalue weighted by molar-refractivity contribution is 6.10. The van der Waals surface area contributed by atoms with Crippen molar-refractivity contribution >= 4 is 21.9 Å². The maximum absolute atomic E-state index is 6.16. The molecule has 0 atom stereocenters. The Balaban J connectivity index is 1.98. The first-order chi connectivity index (χ1) is 11.1. The van der Waals surface area contributed by atoms with Gasteiger partial charge in [0.2, 0.25) is 0 Å². The van der Waals surface area contributed by atoms with Gasteiger partial charge in [-0.25, -0.2) is 0 Å². The predicted molar refractivity (Wildman–Crippen MR) is 95.8 cm³/mol. The number of pyridine rings is 1. The molecule has 4 aromatic rings. The van der Waals surface area contributed by atoms with E-state index in [4.69, 9.17) is 4.42 Å². The minimum Gasteiger partial charge on any atom is -0.455 e. The van der Waals surface area contributed by atoms with Gasteiger partial charge in [0.05, 0.1) is 5.69 Å². The third-order valence-electron chi connectivity index (χ3n) is 4.46. The Bertz CT molecular complexity index is 994. The van der Waals surface area contributed by atoms with E-state index in [9.17, 15) is 0 Å². The van der Waals surface area contributed by atoms with Crippen molar-refractivity contribution < 1.29 is 4.42 Å². The molecule has 0 saturated heterocycles. The number of aromatic nitrogens is 1. The lowest BCUT2D eigenvalue weighted by Gasteiger charge is -2.07. The average molecular weight is 301 g/mol. The molecule has 0 aliphatic rings. The van der Waals surface area contributed by atoms with E-state index in [-0.39, 0.29) is 0 Å². The zero-order valence-electron chi connectivity index (χ0n) is 13.6. The molecule has 114 valence electrons. The molecule has 2 aromatic heterocycles. The van der Waals surface area contributed by atoms with Crippen molar-refractivity contribution in [2.45, 2.75) is 26.7 Å². The monoisotopic (exact) mass is 301 g/mol. The molecule has 2 nitrogen and oxygen atoms in total. The van der Waals surface area contributed by atoms with Gasteiger partial charge in [-0.15, -0.1) is 0 Å². The van der Waals surface area contributed by atoms with Crippen LogP contribution in [-0.4, -0.2) is 4.98 Å². The molecule has 2 aromatic carbocycles. The SMILES string of the molecule is Cc1ccc(-c2ccc(C(C)C)cn2)c2oc3ccccc3c12. The van der Waals surface area contributed by atoms with Gasteiger partial charge in [-0.05, 0) is 42.2 Å². The summed E-state index contributed by atoms with van der Waals surface area (Å²) in [4.78, 5) is 4.66. The van der Waals surface area contributed by atoms with Crippen molar-refractivity contribution in [2.24, 2.45) is 0 Å². The summed E-state index contributed by atoms with van der Waals surface area (Å²) in [5, 5.41) is 2.36. The van der Waals surface area contributed by atoms with E-state index < -0.39 is 0 Å². The molecule has 0 aliphatic heterocycles. The van der Waals surface area contributed by atoms with E-state index in [1.165, 1.54) is 21.9 Å². The Labute approximate surface area is 135 Å². The fraction of sp³-hybridized carbons (Fsp3) is 0.190. The molecule has 0 radical (unpaired) electrons. The van der Waals surface area contributed by atoms with Crippen LogP contribution in [-0.2, 0) is 0 Å². The fourth-order valence-corrected chi connectivity index (χ4v) is 3.10. The molecule has 2 heteroatoms. The van der Waals surface area contributed by atoms with Crippen molar-refractivity contribution in [2.75, 3.05) is 0 Å². The van der Waals surface area contributed by atoms with E-state index in [0.717, 1.165) is 22.4 Å². The van der Waals surface area contributed by atoms with E-state index >= 15 is 0 Å². The molecule has 0 bridgehead atoms. The number of hydrogen-bond acceptors (Lipinski definition) is 2. The Morgan fingerprint density at radius 3 is 2.52 bits per heavy atom. The number of furan rings is 1. The van der Waals surface area contributed by atoms with Crippen molar-refractivity contribution in [1.82, 2.24) is 4.98 Å². The van der Waals surface area contributed by atoms with Crippen LogP contribution in [0.25, 0.3) is 33.2 Å². The fourth-order valence-electron chi connectivity index (χ4n) is 3.10. The Morgan fingerprint density at radius 2 is 1.78 bits per heavy atom. The van der Waals surface area contributed by atoms with Crippen molar-refractivity contribution in [1.29, 1.82) is 0 Å². The lowest BCUT2D eigenvalue weighted by molar-refractivity contribution is 0.669. The summed E-state index contributed by atoms with van der Waals surface area (Å²) in [7, 11) is 0. The van der Waals surface area contributed by atoms with Gasteiger partial charge >= 0.3 is 0 Å². The number of nitrogens with zero attached hydrogens (tertiary/aromatic N) is 1. The summed E-state index contributed by atoms with van der Waals surface area (Å²) in [6.07, 6.45) is 1.97. The van der Waals surface area contributed by atoms with Gasteiger partial charge in [0.1, 0.15) is 11.2 Å². The lowest BCUT2D eigenvalue weighted by atomic mass is 10.0. The number of para-hydroxylation sites is 1. The van der Waals surface area contributed by atoms with E-state index in [1.807, 2.05) is 18.3 Å². The van der Waals surface area contributed by atoms with Crippen LogP contribution in [0.5, 0.6) is 0 Å². The molecule has 0 saturated carbocycles. The normalized spacial score (nSPS) is 11.7. The Hall–Kier alpha value is -2.61. The first-order valence-electron chi connectivity index (χ1n) is 8.02. The van der Waals surface area contributed by atoms with E-state index in [1.54, 1.807) is 0 Å². The quantitative estimate of drug-likeness (QED) is 0.448. The van der Waals surface area contributed by atoms with Crippen LogP contribution in [0.3, 0.4) is 0 Å². The second-order valence-corrected chi connectivity index (χ2v) is 6.36. The third kappa shape index (κ3) is 2.22. The van der Waals surface area contributed by atoms with Gasteiger partial charge in [0.25, 0.3) is 0 Å². The van der Waals surface area contributed by atoms with Gasteiger partial charge in [-0.2, -0.15) is 0 Å². The minimum absolute atomic E-state index is 0.487. The van der Waals surface area contributed by atoms with Crippen LogP contribution in [0.2, 0.25) is 0 Å². The van der Waals surface area contributed by atoms with Crippen LogP contribution >= 0.6 is 0 Å². The van der Waals surface area contributed by atoms with Gasteiger partial charge in [-0.3, -0.25) is 4.98 Å². The topological polar surface area (TPSA) is 26.0 Å². The molecule has 23 heavy (non-hydrogen) atoms. The van der Waals surface area contributed by atoms with Crippen molar-refractivity contribution in [3.63, 3.8) is 0 Å². The minimum atomic E-state index is 0.487. The summed E-state index contributed by atoms with van der Waals surface area (Å²) in [5.41, 5.74) is 6.35. The first-order valence-corrected chi connectivity index (χ1v) is 8.02. The summed E-state index contributed by atoms with van der Waals surface area (Å²) in [6, 6.07) is 16.7. The zero-order chi connectivity index (χ0) is 16.0. The number of benzene rings is 2. The van der Waals surface area contributed by atoms with Gasteiger partial charge < -0.3 is 4.42 Å². The number of aryl methyl sites for hydroxylation is 1. The van der Waals surface area contributed by atoms with Crippen molar-refractivity contribution in [3.8, 4) is 11.3 Å². The maximum atomic E-state index is 6.16. The highest BCUT2D eigenvalue weighted by Gasteiger charge is 2.14. The second kappa shape index (κ2) is 5.24. The molecular weight excluding hydrogens is 282 g/mol. The number of hydrogen-bond donors (Lipinski definition) is 0. The maximum Gasteiger partial charge on any atom is 0.145 e. The van der Waals surface area contributed by atoms with Gasteiger partial charge in [-0.1, -0.05) is 44.2 Å². The summed E-state index contributed by atoms with van der Waals surface area (Å²) in [6.45, 7) is 6.49. The Kier molecular flexibility index (Phi) is 3.19. The lowest BCUT2D eigenvalue weighted by Crippen LogP contribution is -1.91. The first kappa shape index (κ1) is 14.0. The molecule has 0 unspecified atom stereocenters. The number of rotatable bonds is 2. The van der Waals surface area contributed by atoms with Gasteiger partial charge in [0, 0.05) is 22.5 Å². The molecule has 0 amide bonds. The molecule has 2 heterocycles. The third-order valence-corrected chi connectivity index (χ3v) is 4.46. The Morgan fingerprint density at radius 1 is 0.957 bits per heavy atom. The molecule has 0 spiro atoms. The molecule has 0 aliphatic carbocycles. The highest BCUT2D eigenvalue weighted by atomic mass is 16.3. The van der Waals surface area contributed by atoms with Crippen molar-refractivity contribution in [3.05, 3.63) is 65.9 Å². The molecular formula is C21H19NO. The smallest absolute Gasteiger partial charge is 0.145 e. The molecule has 4 rings (SSSR count). The van der Waals surface area contributed by atoms with Crippen LogP contribution in [0.15, 0.2) is 59.1 Å². The largest absolute Gasteiger partial charge is 0.455 e. The average Bonchev–Trinajstić information content (AvgIpc) is 2.95. The standard InChI is InChI=1S/C21H19NO/c1-13(2)15-9-11-18(22-12-15)16-10-8-14(3)20-17-6-4-5-7-19(17)23-21(16)20/h4-13H,1-3H3. The number of fused-ring (bicyclic) bond motifs is 3. The highest BCUT2D eigenvalue weighted by Crippen LogP contribution is 2.37. The van der Waals surface area contributed by atoms with Crippen LogP contribution in [0.1, 0.15) is 30.9 Å². The van der Waals surface area contributed by atoms with Crippen LogP contribution in [0, 0.1) is 6.92 Å². The van der Waals surface area contributed by atoms with Crippen LogP contribution < -0.4 is 0 Å². The van der Waals surface area contributed by atoms with Gasteiger partial charge in [0.15, 0.2) is 0 Å². The molecule has 0 fully saturated rings. The van der Waals surface area contributed by atoms with E-state index in [2.05, 4.69) is 62.2 Å². The summed E-state index contributed by atoms with van der Waals surface area (Å²) in [5.74, 6) is 0.487. The van der Waals surface area contributed by atoms with Crippen LogP contribution in [0.4, 0.5) is 0 Å². The summed E-state index contributed by atoms with van der Waals surface area (Å²) >= 11 is 0. The zero-order valence-corrected chi connectivity index (χ0v) is 13.6.